The lowest BCUT2D eigenvalue weighted by Gasteiger charge is -2.30. The van der Waals surface area contributed by atoms with Gasteiger partial charge in [-0.25, -0.2) is 4.79 Å². The first kappa shape index (κ1) is 16.7. The second-order valence-corrected chi connectivity index (χ2v) is 6.88. The predicted octanol–water partition coefficient (Wildman–Crippen LogP) is 0.274. The summed E-state index contributed by atoms with van der Waals surface area (Å²) < 4.78 is 4.68. The van der Waals surface area contributed by atoms with Gasteiger partial charge in [0.2, 0.25) is 0 Å². The fraction of sp³-hybridized carbons (Fsp3) is 0.353. The summed E-state index contributed by atoms with van der Waals surface area (Å²) in [5.74, 6) is -0.568. The van der Waals surface area contributed by atoms with Gasteiger partial charge in [0.05, 0.1) is 50.8 Å². The van der Waals surface area contributed by atoms with Crippen LogP contribution in [0, 0.1) is 0 Å². The van der Waals surface area contributed by atoms with Crippen molar-refractivity contribution in [3.8, 4) is 0 Å². The zero-order chi connectivity index (χ0) is 17.1. The Balaban J connectivity index is 1.69. The molecule has 0 radical (unpaired) electrons. The van der Waals surface area contributed by atoms with Crippen molar-refractivity contribution in [1.29, 1.82) is 0 Å². The zero-order valence-corrected chi connectivity index (χ0v) is 14.6. The molecule has 0 saturated carbocycles. The Labute approximate surface area is 145 Å². The van der Waals surface area contributed by atoms with E-state index in [-0.39, 0.29) is 11.9 Å². The number of carbonyl (C=O) groups is 2. The van der Waals surface area contributed by atoms with Crippen molar-refractivity contribution >= 4 is 34.9 Å². The number of hydrogen-bond donors (Lipinski definition) is 1. The molecule has 0 spiro atoms. The number of thioether (sulfide) groups is 1. The Bertz CT molecular complexity index is 704. The molecule has 24 heavy (non-hydrogen) atoms. The van der Waals surface area contributed by atoms with Crippen LogP contribution in [0.2, 0.25) is 0 Å². The largest absolute Gasteiger partial charge is 0.465 e. The van der Waals surface area contributed by atoms with Crippen LogP contribution in [-0.2, 0) is 9.53 Å². The molecule has 6 nitrogen and oxygen atoms in total. The van der Waals surface area contributed by atoms with E-state index >= 15 is 0 Å². The third kappa shape index (κ3) is 3.68. The maximum Gasteiger partial charge on any atom is 0.337 e. The lowest BCUT2D eigenvalue weighted by molar-refractivity contribution is -0.883. The van der Waals surface area contributed by atoms with Crippen LogP contribution in [-0.4, -0.2) is 62.3 Å². The van der Waals surface area contributed by atoms with Crippen molar-refractivity contribution in [2.24, 2.45) is 4.99 Å². The van der Waals surface area contributed by atoms with E-state index in [1.807, 2.05) is 6.08 Å². The number of hydrogen-bond acceptors (Lipinski definition) is 5. The summed E-state index contributed by atoms with van der Waals surface area (Å²) in [6.07, 6.45) is 1.81. The van der Waals surface area contributed by atoms with Crippen molar-refractivity contribution in [1.82, 2.24) is 4.90 Å². The van der Waals surface area contributed by atoms with E-state index in [0.29, 0.717) is 10.5 Å². The minimum absolute atomic E-state index is 0.196. The highest BCUT2D eigenvalue weighted by Gasteiger charge is 2.28. The van der Waals surface area contributed by atoms with Gasteiger partial charge >= 0.3 is 5.97 Å². The topological polar surface area (TPSA) is 63.4 Å². The molecule has 0 unspecified atom stereocenters. The standard InChI is InChI=1S/C17H19N3O3S/c1-19-7-9-20(10-8-19)17-18-15(21)14(24-17)11-12-3-5-13(6-4-12)16(22)23-2/h3-6,11H,7-10H2,1-2H3/p+1/b14-11-. The molecule has 2 aliphatic heterocycles. The van der Waals surface area contributed by atoms with Gasteiger partial charge in [0.1, 0.15) is 0 Å². The van der Waals surface area contributed by atoms with E-state index in [2.05, 4.69) is 21.7 Å². The van der Waals surface area contributed by atoms with Crippen LogP contribution in [0.25, 0.3) is 6.08 Å². The summed E-state index contributed by atoms with van der Waals surface area (Å²) in [5.41, 5.74) is 1.35. The fourth-order valence-electron chi connectivity index (χ4n) is 2.60. The highest BCUT2D eigenvalue weighted by atomic mass is 32.2. The van der Waals surface area contributed by atoms with Gasteiger partial charge in [0.25, 0.3) is 5.91 Å². The SMILES string of the molecule is COC(=O)c1ccc(/C=C2\SC(N3CC[NH+](C)CC3)=NC2=O)cc1. The first-order chi connectivity index (χ1) is 11.6. The smallest absolute Gasteiger partial charge is 0.337 e. The van der Waals surface area contributed by atoms with Gasteiger partial charge < -0.3 is 14.5 Å². The van der Waals surface area contributed by atoms with E-state index in [1.165, 1.54) is 23.8 Å². The molecule has 2 heterocycles. The van der Waals surface area contributed by atoms with Gasteiger partial charge in [0.15, 0.2) is 5.17 Å². The lowest BCUT2D eigenvalue weighted by atomic mass is 10.1. The van der Waals surface area contributed by atoms with Gasteiger partial charge in [0, 0.05) is 0 Å². The number of benzene rings is 1. The molecule has 1 amide bonds. The van der Waals surface area contributed by atoms with Crippen LogP contribution in [0.4, 0.5) is 0 Å². The van der Waals surface area contributed by atoms with E-state index in [1.54, 1.807) is 24.3 Å². The first-order valence-electron chi connectivity index (χ1n) is 7.84. The van der Waals surface area contributed by atoms with E-state index in [4.69, 9.17) is 0 Å². The summed E-state index contributed by atoms with van der Waals surface area (Å²) in [6, 6.07) is 6.97. The molecule has 1 aromatic rings. The van der Waals surface area contributed by atoms with Gasteiger partial charge in [-0.15, -0.1) is 0 Å². The second-order valence-electron chi connectivity index (χ2n) is 5.87. The highest BCUT2D eigenvalue weighted by molar-refractivity contribution is 8.18. The van der Waals surface area contributed by atoms with Crippen LogP contribution in [0.15, 0.2) is 34.2 Å². The molecule has 3 rings (SSSR count). The molecule has 1 N–H and O–H groups in total. The maximum atomic E-state index is 12.1. The molecule has 1 saturated heterocycles. The van der Waals surface area contributed by atoms with Gasteiger partial charge in [-0.05, 0) is 35.5 Å². The Morgan fingerprint density at radius 2 is 1.96 bits per heavy atom. The van der Waals surface area contributed by atoms with Gasteiger partial charge in [-0.2, -0.15) is 4.99 Å². The molecular weight excluding hydrogens is 326 g/mol. The fourth-order valence-corrected chi connectivity index (χ4v) is 3.56. The number of amides is 1. The highest BCUT2D eigenvalue weighted by Crippen LogP contribution is 2.30. The minimum atomic E-state index is -0.372. The normalized spacial score (nSPS) is 20.4. The van der Waals surface area contributed by atoms with E-state index in [9.17, 15) is 9.59 Å². The average Bonchev–Trinajstić information content (AvgIpc) is 2.96. The number of likely N-dealkylation sites (N-methyl/N-ethyl adjacent to an activating group) is 1. The molecule has 1 aromatic carbocycles. The Morgan fingerprint density at radius 3 is 2.58 bits per heavy atom. The zero-order valence-electron chi connectivity index (χ0n) is 13.7. The monoisotopic (exact) mass is 346 g/mol. The number of nitrogens with one attached hydrogen (secondary N) is 1. The number of rotatable bonds is 2. The van der Waals surface area contributed by atoms with Crippen LogP contribution >= 0.6 is 11.8 Å². The molecule has 1 fully saturated rings. The summed E-state index contributed by atoms with van der Waals surface area (Å²) >= 11 is 1.42. The molecule has 0 atom stereocenters. The lowest BCUT2D eigenvalue weighted by Crippen LogP contribution is -3.12. The number of amidine groups is 1. The number of ether oxygens (including phenoxy) is 1. The molecule has 0 aromatic heterocycles. The number of esters is 1. The molecule has 0 bridgehead atoms. The first-order valence-corrected chi connectivity index (χ1v) is 8.65. The van der Waals surface area contributed by atoms with Crippen LogP contribution in [0.5, 0.6) is 0 Å². The Kier molecular flexibility index (Phi) is 5.01. The van der Waals surface area contributed by atoms with Crippen molar-refractivity contribution < 1.29 is 19.2 Å². The molecule has 7 heteroatoms. The number of carbonyl (C=O) groups excluding carboxylic acids is 2. The van der Waals surface area contributed by atoms with E-state index < -0.39 is 0 Å². The van der Waals surface area contributed by atoms with Gasteiger partial charge in [-0.3, -0.25) is 4.79 Å². The third-order valence-corrected chi connectivity index (χ3v) is 5.17. The predicted molar refractivity (Wildman–Crippen MR) is 94.0 cm³/mol. The summed E-state index contributed by atoms with van der Waals surface area (Å²) in [5, 5.41) is 0.796. The Morgan fingerprint density at radius 1 is 1.29 bits per heavy atom. The molecular formula is C17H20N3O3S+. The third-order valence-electron chi connectivity index (χ3n) is 4.13. The average molecular weight is 346 g/mol. The molecule has 126 valence electrons. The summed E-state index contributed by atoms with van der Waals surface area (Å²) in [7, 11) is 3.53. The van der Waals surface area contributed by atoms with Crippen LogP contribution < -0.4 is 4.90 Å². The number of quaternary nitrogens is 1. The number of aliphatic imine (C=N–C) groups is 1. The Hall–Kier alpha value is -2.12. The quantitative estimate of drug-likeness (QED) is 0.615. The summed E-state index contributed by atoms with van der Waals surface area (Å²) in [6.45, 7) is 3.96. The van der Waals surface area contributed by atoms with Crippen LogP contribution in [0.3, 0.4) is 0 Å². The summed E-state index contributed by atoms with van der Waals surface area (Å²) in [4.78, 5) is 32.1. The molecule has 2 aliphatic rings. The van der Waals surface area contributed by atoms with E-state index in [0.717, 1.165) is 36.9 Å². The second kappa shape index (κ2) is 7.19. The number of nitrogens with zero attached hydrogens (tertiary/aromatic N) is 2. The van der Waals surface area contributed by atoms with Gasteiger partial charge in [-0.1, -0.05) is 12.1 Å². The molecule has 0 aliphatic carbocycles. The maximum absolute atomic E-state index is 12.1. The number of piperazine rings is 1. The van der Waals surface area contributed by atoms with Crippen molar-refractivity contribution in [3.05, 3.63) is 40.3 Å². The van der Waals surface area contributed by atoms with Crippen LogP contribution in [0.1, 0.15) is 15.9 Å². The minimum Gasteiger partial charge on any atom is -0.465 e. The number of methoxy groups -OCH3 is 1. The van der Waals surface area contributed by atoms with Crippen molar-refractivity contribution in [3.63, 3.8) is 0 Å². The van der Waals surface area contributed by atoms with Crippen molar-refractivity contribution in [2.75, 3.05) is 40.3 Å². The van der Waals surface area contributed by atoms with Crippen molar-refractivity contribution in [2.45, 2.75) is 0 Å².